The molecule has 130 valence electrons. The first kappa shape index (κ1) is 16.6. The van der Waals surface area contributed by atoms with E-state index in [-0.39, 0.29) is 5.41 Å². The highest BCUT2D eigenvalue weighted by atomic mass is 16.3. The normalized spacial score (nSPS) is 12.0. The molecule has 0 fully saturated rings. The summed E-state index contributed by atoms with van der Waals surface area (Å²) in [6, 6.07) is 16.7. The molecular formula is C24H23NO. The number of pyridine rings is 1. The molecule has 2 aromatic carbocycles. The van der Waals surface area contributed by atoms with Crippen LogP contribution >= 0.6 is 0 Å². The van der Waals surface area contributed by atoms with Gasteiger partial charge in [0.2, 0.25) is 0 Å². The van der Waals surface area contributed by atoms with Gasteiger partial charge in [0.25, 0.3) is 0 Å². The molecule has 0 radical (unpaired) electrons. The van der Waals surface area contributed by atoms with Crippen LogP contribution in [-0.4, -0.2) is 4.98 Å². The fourth-order valence-corrected chi connectivity index (χ4v) is 3.38. The number of hydrogen-bond acceptors (Lipinski definition) is 2. The van der Waals surface area contributed by atoms with Crippen molar-refractivity contribution in [2.45, 2.75) is 33.1 Å². The summed E-state index contributed by atoms with van der Waals surface area (Å²) in [7, 11) is 0. The molecular weight excluding hydrogens is 318 g/mol. The Bertz CT molecular complexity index is 1140. The molecule has 4 rings (SSSR count). The van der Waals surface area contributed by atoms with Crippen LogP contribution in [0.1, 0.15) is 38.8 Å². The Labute approximate surface area is 154 Å². The van der Waals surface area contributed by atoms with Crippen molar-refractivity contribution in [1.82, 2.24) is 4.98 Å². The zero-order chi connectivity index (χ0) is 18.5. The van der Waals surface area contributed by atoms with E-state index in [1.165, 1.54) is 5.56 Å². The Morgan fingerprint density at radius 1 is 0.962 bits per heavy atom. The number of allylic oxidation sites excluding steroid dienone is 1. The van der Waals surface area contributed by atoms with Gasteiger partial charge in [0.05, 0.1) is 5.69 Å². The molecule has 0 aliphatic heterocycles. The van der Waals surface area contributed by atoms with Crippen LogP contribution in [0.15, 0.2) is 65.7 Å². The first-order valence-corrected chi connectivity index (χ1v) is 8.93. The average molecular weight is 341 g/mol. The molecule has 0 amide bonds. The lowest BCUT2D eigenvalue weighted by Gasteiger charge is -2.20. The predicted molar refractivity (Wildman–Crippen MR) is 110 cm³/mol. The largest absolute Gasteiger partial charge is 0.456 e. The standard InChI is InChI=1S/C24H23NO/c1-15(2)18-14-23-20(17-8-6-7-9-22(17)26-23)13-19(18)21-12-16(10-11-25-21)24(3,4)5/h6-14H,1H2,2-5H3. The van der Waals surface area contributed by atoms with E-state index in [2.05, 4.69) is 62.7 Å². The molecule has 26 heavy (non-hydrogen) atoms. The molecule has 0 N–H and O–H groups in total. The van der Waals surface area contributed by atoms with Crippen molar-refractivity contribution in [1.29, 1.82) is 0 Å². The van der Waals surface area contributed by atoms with Gasteiger partial charge in [-0.15, -0.1) is 0 Å². The first-order valence-electron chi connectivity index (χ1n) is 8.93. The zero-order valence-corrected chi connectivity index (χ0v) is 15.8. The van der Waals surface area contributed by atoms with Crippen molar-refractivity contribution >= 4 is 27.5 Å². The minimum atomic E-state index is 0.0769. The Morgan fingerprint density at radius 3 is 2.46 bits per heavy atom. The summed E-state index contributed by atoms with van der Waals surface area (Å²) in [6.45, 7) is 12.9. The highest BCUT2D eigenvalue weighted by Crippen LogP contribution is 2.37. The van der Waals surface area contributed by atoms with Crippen molar-refractivity contribution in [3.05, 3.63) is 72.4 Å². The summed E-state index contributed by atoms with van der Waals surface area (Å²) in [5, 5.41) is 2.24. The van der Waals surface area contributed by atoms with Crippen LogP contribution in [0.25, 0.3) is 38.8 Å². The zero-order valence-electron chi connectivity index (χ0n) is 15.8. The summed E-state index contributed by atoms with van der Waals surface area (Å²) >= 11 is 0. The number of hydrogen-bond donors (Lipinski definition) is 0. The Hall–Kier alpha value is -2.87. The van der Waals surface area contributed by atoms with E-state index in [4.69, 9.17) is 4.42 Å². The van der Waals surface area contributed by atoms with Gasteiger partial charge in [-0.1, -0.05) is 51.1 Å². The van der Waals surface area contributed by atoms with Crippen molar-refractivity contribution < 1.29 is 4.42 Å². The molecule has 0 aliphatic rings. The van der Waals surface area contributed by atoms with E-state index in [9.17, 15) is 0 Å². The Kier molecular flexibility index (Phi) is 3.73. The quantitative estimate of drug-likeness (QED) is 0.393. The lowest BCUT2D eigenvalue weighted by molar-refractivity contribution is 0.589. The molecule has 2 heteroatoms. The fourth-order valence-electron chi connectivity index (χ4n) is 3.38. The van der Waals surface area contributed by atoms with E-state index < -0.39 is 0 Å². The molecule has 0 unspecified atom stereocenters. The molecule has 2 heterocycles. The van der Waals surface area contributed by atoms with Gasteiger partial charge in [0.1, 0.15) is 11.2 Å². The van der Waals surface area contributed by atoms with Crippen LogP contribution in [0.4, 0.5) is 0 Å². The van der Waals surface area contributed by atoms with Gasteiger partial charge in [-0.3, -0.25) is 4.98 Å². The SMILES string of the molecule is C=C(C)c1cc2oc3ccccc3c2cc1-c1cc(C(C)(C)C)ccn1. The van der Waals surface area contributed by atoms with Gasteiger partial charge in [-0.05, 0) is 53.8 Å². The third-order valence-electron chi connectivity index (χ3n) is 4.88. The fraction of sp³-hybridized carbons (Fsp3) is 0.208. The minimum absolute atomic E-state index is 0.0769. The maximum Gasteiger partial charge on any atom is 0.136 e. The van der Waals surface area contributed by atoms with Crippen LogP contribution in [0.2, 0.25) is 0 Å². The topological polar surface area (TPSA) is 26.0 Å². The second-order valence-electron chi connectivity index (χ2n) is 7.95. The van der Waals surface area contributed by atoms with Crippen LogP contribution in [-0.2, 0) is 5.41 Å². The highest BCUT2D eigenvalue weighted by molar-refractivity contribution is 6.07. The van der Waals surface area contributed by atoms with Gasteiger partial charge < -0.3 is 4.42 Å². The lowest BCUT2D eigenvalue weighted by Crippen LogP contribution is -2.11. The molecule has 0 saturated heterocycles. The second-order valence-corrected chi connectivity index (χ2v) is 7.95. The number of nitrogens with zero attached hydrogens (tertiary/aromatic N) is 1. The number of para-hydroxylation sites is 1. The van der Waals surface area contributed by atoms with Crippen LogP contribution < -0.4 is 0 Å². The van der Waals surface area contributed by atoms with E-state index >= 15 is 0 Å². The van der Waals surface area contributed by atoms with Crippen molar-refractivity contribution in [2.24, 2.45) is 0 Å². The van der Waals surface area contributed by atoms with Gasteiger partial charge in [-0.2, -0.15) is 0 Å². The minimum Gasteiger partial charge on any atom is -0.456 e. The maximum atomic E-state index is 6.05. The van der Waals surface area contributed by atoms with E-state index in [1.807, 2.05) is 31.3 Å². The summed E-state index contributed by atoms with van der Waals surface area (Å²) in [5.74, 6) is 0. The number of benzene rings is 2. The highest BCUT2D eigenvalue weighted by Gasteiger charge is 2.18. The Morgan fingerprint density at radius 2 is 1.73 bits per heavy atom. The average Bonchev–Trinajstić information content (AvgIpc) is 2.97. The molecule has 4 aromatic rings. The first-order chi connectivity index (χ1) is 12.3. The van der Waals surface area contributed by atoms with Crippen LogP contribution in [0, 0.1) is 0 Å². The Balaban J connectivity index is 2.03. The number of rotatable bonds is 2. The van der Waals surface area contributed by atoms with Crippen molar-refractivity contribution in [3.8, 4) is 11.3 Å². The predicted octanol–water partition coefficient (Wildman–Crippen LogP) is 6.98. The molecule has 2 aromatic heterocycles. The summed E-state index contributed by atoms with van der Waals surface area (Å²) < 4.78 is 6.05. The summed E-state index contributed by atoms with van der Waals surface area (Å²) in [4.78, 5) is 4.67. The summed E-state index contributed by atoms with van der Waals surface area (Å²) in [6.07, 6.45) is 1.90. The third-order valence-corrected chi connectivity index (χ3v) is 4.88. The van der Waals surface area contributed by atoms with Crippen molar-refractivity contribution in [2.75, 3.05) is 0 Å². The number of furan rings is 1. The van der Waals surface area contributed by atoms with Crippen LogP contribution in [0.5, 0.6) is 0 Å². The maximum absolute atomic E-state index is 6.05. The number of fused-ring (bicyclic) bond motifs is 3. The molecule has 0 spiro atoms. The molecule has 0 saturated carbocycles. The smallest absolute Gasteiger partial charge is 0.136 e. The van der Waals surface area contributed by atoms with Crippen LogP contribution in [0.3, 0.4) is 0 Å². The van der Waals surface area contributed by atoms with Gasteiger partial charge in [0.15, 0.2) is 0 Å². The number of aromatic nitrogens is 1. The molecule has 2 nitrogen and oxygen atoms in total. The lowest BCUT2D eigenvalue weighted by atomic mass is 9.86. The van der Waals surface area contributed by atoms with Gasteiger partial charge in [0, 0.05) is 22.5 Å². The van der Waals surface area contributed by atoms with E-state index in [0.29, 0.717) is 0 Å². The second kappa shape index (κ2) is 5.84. The van der Waals surface area contributed by atoms with Gasteiger partial charge in [-0.25, -0.2) is 0 Å². The van der Waals surface area contributed by atoms with Crippen molar-refractivity contribution in [3.63, 3.8) is 0 Å². The molecule has 0 aliphatic carbocycles. The summed E-state index contributed by atoms with van der Waals surface area (Å²) in [5.41, 5.74) is 7.30. The van der Waals surface area contributed by atoms with E-state index in [0.717, 1.165) is 44.3 Å². The van der Waals surface area contributed by atoms with E-state index in [1.54, 1.807) is 0 Å². The molecule has 0 bridgehead atoms. The van der Waals surface area contributed by atoms with Gasteiger partial charge >= 0.3 is 0 Å². The third kappa shape index (κ3) is 2.72. The monoisotopic (exact) mass is 341 g/mol. The molecule has 0 atom stereocenters.